The van der Waals surface area contributed by atoms with Gasteiger partial charge in [0.15, 0.2) is 5.82 Å². The fourth-order valence-corrected chi connectivity index (χ4v) is 5.59. The molecule has 2 aliphatic heterocycles. The predicted molar refractivity (Wildman–Crippen MR) is 123 cm³/mol. The lowest BCUT2D eigenvalue weighted by Gasteiger charge is -2.31. The van der Waals surface area contributed by atoms with E-state index in [1.54, 1.807) is 0 Å². The van der Waals surface area contributed by atoms with Gasteiger partial charge in [0, 0.05) is 30.6 Å². The number of nitrogens with zero attached hydrogens (tertiary/aromatic N) is 4. The molecule has 1 aromatic heterocycles. The third kappa shape index (κ3) is 4.15. The molecule has 1 atom stereocenters. The smallest absolute Gasteiger partial charge is 0.228 e. The van der Waals surface area contributed by atoms with Crippen LogP contribution in [0, 0.1) is 12.8 Å². The molecule has 32 heavy (non-hydrogen) atoms. The summed E-state index contributed by atoms with van der Waals surface area (Å²) >= 11 is 0. The maximum Gasteiger partial charge on any atom is 0.228 e. The monoisotopic (exact) mass is 432 g/mol. The summed E-state index contributed by atoms with van der Waals surface area (Å²) in [5.41, 5.74) is 3.08. The van der Waals surface area contributed by atoms with E-state index in [9.17, 15) is 9.59 Å². The SMILES string of the molecule is Cc1nc(C2CCCN2C(=O)CC2CCCC2)nc2c1CCC(=O)N2Cc1ccccc1. The number of anilines is 1. The van der Waals surface area contributed by atoms with E-state index >= 15 is 0 Å². The summed E-state index contributed by atoms with van der Waals surface area (Å²) in [5.74, 6) is 2.32. The van der Waals surface area contributed by atoms with Crippen LogP contribution in [0.2, 0.25) is 0 Å². The molecule has 1 aliphatic carbocycles. The predicted octanol–water partition coefficient (Wildman–Crippen LogP) is 4.51. The van der Waals surface area contributed by atoms with Crippen LogP contribution in [0.15, 0.2) is 30.3 Å². The van der Waals surface area contributed by atoms with Gasteiger partial charge in [0.05, 0.1) is 12.6 Å². The number of aromatic nitrogens is 2. The summed E-state index contributed by atoms with van der Waals surface area (Å²) in [7, 11) is 0. The van der Waals surface area contributed by atoms with Crippen molar-refractivity contribution >= 4 is 17.6 Å². The zero-order valence-corrected chi connectivity index (χ0v) is 18.9. The van der Waals surface area contributed by atoms with Crippen LogP contribution in [0.25, 0.3) is 0 Å². The molecular weight excluding hydrogens is 400 g/mol. The zero-order valence-electron chi connectivity index (χ0n) is 18.9. The summed E-state index contributed by atoms with van der Waals surface area (Å²) in [4.78, 5) is 39.6. The van der Waals surface area contributed by atoms with Gasteiger partial charge >= 0.3 is 0 Å². The second kappa shape index (κ2) is 9.00. The molecule has 2 fully saturated rings. The number of rotatable bonds is 5. The van der Waals surface area contributed by atoms with Crippen molar-refractivity contribution in [2.45, 2.75) is 77.3 Å². The van der Waals surface area contributed by atoms with Crippen molar-refractivity contribution in [3.05, 3.63) is 53.0 Å². The van der Waals surface area contributed by atoms with Crippen LogP contribution in [0.1, 0.15) is 80.1 Å². The Kier molecular flexibility index (Phi) is 5.94. The van der Waals surface area contributed by atoms with Gasteiger partial charge in [-0.05, 0) is 50.5 Å². The summed E-state index contributed by atoms with van der Waals surface area (Å²) < 4.78 is 0. The minimum atomic E-state index is -0.0801. The van der Waals surface area contributed by atoms with Gasteiger partial charge in [-0.3, -0.25) is 14.5 Å². The molecule has 0 spiro atoms. The van der Waals surface area contributed by atoms with Crippen molar-refractivity contribution in [2.75, 3.05) is 11.4 Å². The Morgan fingerprint density at radius 1 is 1.03 bits per heavy atom. The lowest BCUT2D eigenvalue weighted by atomic mass is 10.0. The molecule has 1 saturated heterocycles. The molecule has 0 bridgehead atoms. The van der Waals surface area contributed by atoms with Gasteiger partial charge < -0.3 is 4.90 Å². The van der Waals surface area contributed by atoms with Gasteiger partial charge in [-0.15, -0.1) is 0 Å². The number of fused-ring (bicyclic) bond motifs is 1. The van der Waals surface area contributed by atoms with E-state index in [2.05, 4.69) is 0 Å². The first kappa shape index (κ1) is 21.1. The summed E-state index contributed by atoms with van der Waals surface area (Å²) in [6, 6.07) is 9.97. The highest BCUT2D eigenvalue weighted by atomic mass is 16.2. The topological polar surface area (TPSA) is 66.4 Å². The van der Waals surface area contributed by atoms with E-state index in [0.29, 0.717) is 37.5 Å². The van der Waals surface area contributed by atoms with Crippen molar-refractivity contribution in [1.29, 1.82) is 0 Å². The second-order valence-corrected chi connectivity index (χ2v) is 9.53. The molecule has 2 amide bonds. The third-order valence-electron chi connectivity index (χ3n) is 7.35. The average molecular weight is 433 g/mol. The van der Waals surface area contributed by atoms with Gasteiger partial charge in [0.25, 0.3) is 0 Å². The molecular formula is C26H32N4O2. The standard InChI is InChI=1S/C26H32N4O2/c1-18-21-13-14-23(31)30(17-20-10-3-2-4-11-20)26(21)28-25(27-18)22-12-7-15-29(22)24(32)16-19-8-5-6-9-19/h2-4,10-11,19,22H,5-9,12-17H2,1H3. The summed E-state index contributed by atoms with van der Waals surface area (Å²) in [6.45, 7) is 3.31. The lowest BCUT2D eigenvalue weighted by molar-refractivity contribution is -0.133. The molecule has 0 N–H and O–H groups in total. The Morgan fingerprint density at radius 2 is 1.81 bits per heavy atom. The number of hydrogen-bond acceptors (Lipinski definition) is 4. The normalized spacial score (nSPS) is 21.3. The van der Waals surface area contributed by atoms with E-state index in [4.69, 9.17) is 9.97 Å². The molecule has 168 valence electrons. The van der Waals surface area contributed by atoms with Crippen LogP contribution in [0.3, 0.4) is 0 Å². The summed E-state index contributed by atoms with van der Waals surface area (Å²) in [6.07, 6.45) is 8.54. The van der Waals surface area contributed by atoms with E-state index in [-0.39, 0.29) is 17.9 Å². The number of benzene rings is 1. The third-order valence-corrected chi connectivity index (χ3v) is 7.35. The minimum Gasteiger partial charge on any atom is -0.332 e. The molecule has 3 aliphatic rings. The van der Waals surface area contributed by atoms with Crippen molar-refractivity contribution in [3.8, 4) is 0 Å². The first-order valence-electron chi connectivity index (χ1n) is 12.1. The van der Waals surface area contributed by atoms with Gasteiger partial charge in [-0.25, -0.2) is 9.97 Å². The fraction of sp³-hybridized carbons (Fsp3) is 0.538. The molecule has 1 aromatic carbocycles. The van der Waals surface area contributed by atoms with Crippen molar-refractivity contribution in [2.24, 2.45) is 5.92 Å². The number of carbonyl (C=O) groups is 2. The van der Waals surface area contributed by atoms with Crippen molar-refractivity contribution in [1.82, 2.24) is 14.9 Å². The Balaban J connectivity index is 1.43. The van der Waals surface area contributed by atoms with Crippen LogP contribution in [-0.4, -0.2) is 33.2 Å². The van der Waals surface area contributed by atoms with E-state index < -0.39 is 0 Å². The maximum atomic E-state index is 13.1. The van der Waals surface area contributed by atoms with E-state index in [1.807, 2.05) is 47.1 Å². The molecule has 5 rings (SSSR count). The number of likely N-dealkylation sites (tertiary alicyclic amines) is 1. The maximum absolute atomic E-state index is 13.1. The number of amides is 2. The molecule has 1 saturated carbocycles. The van der Waals surface area contributed by atoms with E-state index in [1.165, 1.54) is 25.7 Å². The highest BCUT2D eigenvalue weighted by molar-refractivity contribution is 5.95. The highest BCUT2D eigenvalue weighted by Crippen LogP contribution is 2.36. The average Bonchev–Trinajstić information content (AvgIpc) is 3.48. The van der Waals surface area contributed by atoms with Gasteiger partial charge in [-0.1, -0.05) is 43.2 Å². The largest absolute Gasteiger partial charge is 0.332 e. The van der Waals surface area contributed by atoms with Gasteiger partial charge in [0.2, 0.25) is 11.8 Å². The number of hydrogen-bond donors (Lipinski definition) is 0. The van der Waals surface area contributed by atoms with Crippen LogP contribution in [0.5, 0.6) is 0 Å². The Labute approximate surface area is 190 Å². The van der Waals surface area contributed by atoms with Crippen LogP contribution < -0.4 is 4.90 Å². The summed E-state index contributed by atoms with van der Waals surface area (Å²) in [5, 5.41) is 0. The Hall–Kier alpha value is -2.76. The Bertz CT molecular complexity index is 1000. The molecule has 6 nitrogen and oxygen atoms in total. The molecule has 6 heteroatoms. The highest BCUT2D eigenvalue weighted by Gasteiger charge is 2.35. The van der Waals surface area contributed by atoms with Crippen LogP contribution >= 0.6 is 0 Å². The molecule has 3 heterocycles. The number of aryl methyl sites for hydroxylation is 1. The van der Waals surface area contributed by atoms with E-state index in [0.717, 1.165) is 42.0 Å². The number of carbonyl (C=O) groups excluding carboxylic acids is 2. The first-order chi connectivity index (χ1) is 15.6. The first-order valence-corrected chi connectivity index (χ1v) is 12.1. The van der Waals surface area contributed by atoms with Crippen molar-refractivity contribution < 1.29 is 9.59 Å². The molecule has 1 unspecified atom stereocenters. The Morgan fingerprint density at radius 3 is 2.59 bits per heavy atom. The zero-order chi connectivity index (χ0) is 22.1. The molecule has 2 aromatic rings. The van der Waals surface area contributed by atoms with Crippen molar-refractivity contribution in [3.63, 3.8) is 0 Å². The second-order valence-electron chi connectivity index (χ2n) is 9.53. The lowest BCUT2D eigenvalue weighted by Crippen LogP contribution is -2.37. The van der Waals surface area contributed by atoms with Crippen LogP contribution in [0.4, 0.5) is 5.82 Å². The quantitative estimate of drug-likeness (QED) is 0.697. The van der Waals surface area contributed by atoms with Gasteiger partial charge in [-0.2, -0.15) is 0 Å². The fourth-order valence-electron chi connectivity index (χ4n) is 5.59. The minimum absolute atomic E-state index is 0.0801. The molecule has 0 radical (unpaired) electrons. The van der Waals surface area contributed by atoms with Crippen LogP contribution in [-0.2, 0) is 22.6 Å². The van der Waals surface area contributed by atoms with Gasteiger partial charge in [0.1, 0.15) is 5.82 Å².